The first-order chi connectivity index (χ1) is 8.56. The summed E-state index contributed by atoms with van der Waals surface area (Å²) >= 11 is 1.66. The van der Waals surface area contributed by atoms with Crippen molar-refractivity contribution < 1.29 is 0 Å². The molecule has 1 heterocycles. The second-order valence-corrected chi connectivity index (χ2v) is 5.80. The monoisotopic (exact) mass is 258 g/mol. The van der Waals surface area contributed by atoms with Crippen LogP contribution in [0, 0.1) is 6.92 Å². The van der Waals surface area contributed by atoms with Crippen molar-refractivity contribution in [1.82, 2.24) is 4.98 Å². The lowest BCUT2D eigenvalue weighted by atomic mass is 10.0. The largest absolute Gasteiger partial charge is 0.397 e. The Hall–Kier alpha value is -1.48. The van der Waals surface area contributed by atoms with Gasteiger partial charge in [0.1, 0.15) is 5.03 Å². The predicted octanol–water partition coefficient (Wildman–Crippen LogP) is 4.25. The molecule has 0 radical (unpaired) electrons. The molecular formula is C15H18N2S. The van der Waals surface area contributed by atoms with E-state index in [1.807, 2.05) is 13.0 Å². The van der Waals surface area contributed by atoms with Crippen LogP contribution in [0.1, 0.15) is 30.9 Å². The molecular weight excluding hydrogens is 240 g/mol. The molecule has 0 aliphatic carbocycles. The molecule has 0 amide bonds. The average molecular weight is 258 g/mol. The lowest BCUT2D eigenvalue weighted by Crippen LogP contribution is -1.92. The Balaban J connectivity index is 2.15. The summed E-state index contributed by atoms with van der Waals surface area (Å²) in [6.45, 7) is 6.41. The SMILES string of the molecule is Cc1cc(Sc2ccc(C(C)C)cc2)ncc1N. The standard InChI is InChI=1S/C15H18N2S/c1-10(2)12-4-6-13(7-5-12)18-15-8-11(3)14(16)9-17-15/h4-10H,16H2,1-3H3. The Labute approximate surface area is 113 Å². The first-order valence-electron chi connectivity index (χ1n) is 6.06. The second kappa shape index (κ2) is 5.44. The van der Waals surface area contributed by atoms with Crippen LogP contribution in [-0.4, -0.2) is 4.98 Å². The minimum Gasteiger partial charge on any atom is -0.397 e. The fraction of sp³-hybridized carbons (Fsp3) is 0.267. The molecule has 1 aromatic heterocycles. The maximum Gasteiger partial charge on any atom is 0.101 e. The summed E-state index contributed by atoms with van der Waals surface area (Å²) in [5, 5.41) is 0.985. The van der Waals surface area contributed by atoms with Crippen molar-refractivity contribution >= 4 is 17.4 Å². The van der Waals surface area contributed by atoms with E-state index in [0.29, 0.717) is 5.92 Å². The van der Waals surface area contributed by atoms with Crippen LogP contribution in [-0.2, 0) is 0 Å². The molecule has 3 heteroatoms. The third-order valence-electron chi connectivity index (χ3n) is 2.90. The van der Waals surface area contributed by atoms with E-state index in [1.54, 1.807) is 18.0 Å². The molecule has 0 fully saturated rings. The fourth-order valence-corrected chi connectivity index (χ4v) is 2.49. The summed E-state index contributed by atoms with van der Waals surface area (Å²) in [7, 11) is 0. The van der Waals surface area contributed by atoms with E-state index in [4.69, 9.17) is 5.73 Å². The Morgan fingerprint density at radius 1 is 1.17 bits per heavy atom. The highest BCUT2D eigenvalue weighted by molar-refractivity contribution is 7.99. The van der Waals surface area contributed by atoms with Crippen molar-refractivity contribution in [3.8, 4) is 0 Å². The fourth-order valence-electron chi connectivity index (χ4n) is 1.64. The number of nitrogens with two attached hydrogens (primary N) is 1. The van der Waals surface area contributed by atoms with E-state index in [0.717, 1.165) is 16.3 Å². The first kappa shape index (κ1) is 13.0. The third-order valence-corrected chi connectivity index (χ3v) is 3.84. The molecule has 0 saturated carbocycles. The van der Waals surface area contributed by atoms with Crippen molar-refractivity contribution in [1.29, 1.82) is 0 Å². The highest BCUT2D eigenvalue weighted by Gasteiger charge is 2.03. The minimum absolute atomic E-state index is 0.570. The Kier molecular flexibility index (Phi) is 3.92. The number of nitrogen functional groups attached to an aromatic ring is 1. The molecule has 0 spiro atoms. The topological polar surface area (TPSA) is 38.9 Å². The summed E-state index contributed by atoms with van der Waals surface area (Å²) < 4.78 is 0. The molecule has 0 aliphatic heterocycles. The maximum atomic E-state index is 5.76. The highest BCUT2D eigenvalue weighted by Crippen LogP contribution is 2.28. The third kappa shape index (κ3) is 3.05. The van der Waals surface area contributed by atoms with Gasteiger partial charge < -0.3 is 5.73 Å². The Morgan fingerprint density at radius 3 is 2.39 bits per heavy atom. The van der Waals surface area contributed by atoms with Gasteiger partial charge in [0.15, 0.2) is 0 Å². The number of pyridine rings is 1. The van der Waals surface area contributed by atoms with Crippen LogP contribution >= 0.6 is 11.8 Å². The molecule has 1 aromatic carbocycles. The molecule has 0 atom stereocenters. The number of nitrogens with zero attached hydrogens (tertiary/aromatic N) is 1. The van der Waals surface area contributed by atoms with Crippen molar-refractivity contribution in [2.75, 3.05) is 5.73 Å². The van der Waals surface area contributed by atoms with Crippen molar-refractivity contribution in [2.45, 2.75) is 36.6 Å². The van der Waals surface area contributed by atoms with Gasteiger partial charge in [0.2, 0.25) is 0 Å². The van der Waals surface area contributed by atoms with Crippen LogP contribution in [0.2, 0.25) is 0 Å². The number of hydrogen-bond acceptors (Lipinski definition) is 3. The average Bonchev–Trinajstić information content (AvgIpc) is 2.34. The summed E-state index contributed by atoms with van der Waals surface area (Å²) in [6, 6.07) is 10.7. The van der Waals surface area contributed by atoms with E-state index in [9.17, 15) is 0 Å². The number of aromatic nitrogens is 1. The lowest BCUT2D eigenvalue weighted by molar-refractivity contribution is 0.865. The van der Waals surface area contributed by atoms with Gasteiger partial charge in [-0.1, -0.05) is 37.7 Å². The van der Waals surface area contributed by atoms with Gasteiger partial charge >= 0.3 is 0 Å². The zero-order valence-electron chi connectivity index (χ0n) is 11.0. The summed E-state index contributed by atoms with van der Waals surface area (Å²) in [6.07, 6.45) is 1.72. The molecule has 2 nitrogen and oxygen atoms in total. The molecule has 0 saturated heterocycles. The first-order valence-corrected chi connectivity index (χ1v) is 6.88. The molecule has 94 valence electrons. The zero-order chi connectivity index (χ0) is 13.1. The van der Waals surface area contributed by atoms with Crippen LogP contribution < -0.4 is 5.73 Å². The highest BCUT2D eigenvalue weighted by atomic mass is 32.2. The van der Waals surface area contributed by atoms with E-state index in [1.165, 1.54) is 10.5 Å². The van der Waals surface area contributed by atoms with E-state index < -0.39 is 0 Å². The van der Waals surface area contributed by atoms with Crippen LogP contribution in [0.3, 0.4) is 0 Å². The maximum absolute atomic E-state index is 5.76. The molecule has 2 N–H and O–H groups in total. The Bertz CT molecular complexity index is 533. The molecule has 2 aromatic rings. The van der Waals surface area contributed by atoms with Crippen molar-refractivity contribution in [2.24, 2.45) is 0 Å². The van der Waals surface area contributed by atoms with Gasteiger partial charge in [-0.25, -0.2) is 4.98 Å². The molecule has 0 aliphatic rings. The van der Waals surface area contributed by atoms with Gasteiger partial charge in [-0.3, -0.25) is 0 Å². The number of benzene rings is 1. The van der Waals surface area contributed by atoms with Gasteiger partial charge in [-0.2, -0.15) is 0 Å². The zero-order valence-corrected chi connectivity index (χ0v) is 11.8. The predicted molar refractivity (Wildman–Crippen MR) is 78.0 cm³/mol. The molecule has 0 unspecified atom stereocenters. The van der Waals surface area contributed by atoms with Crippen LogP contribution in [0.4, 0.5) is 5.69 Å². The van der Waals surface area contributed by atoms with Gasteiger partial charge in [0.25, 0.3) is 0 Å². The number of hydrogen-bond donors (Lipinski definition) is 1. The molecule has 18 heavy (non-hydrogen) atoms. The summed E-state index contributed by atoms with van der Waals surface area (Å²) in [4.78, 5) is 5.53. The second-order valence-electron chi connectivity index (χ2n) is 4.70. The minimum atomic E-state index is 0.570. The van der Waals surface area contributed by atoms with Crippen LogP contribution in [0.5, 0.6) is 0 Å². The summed E-state index contributed by atoms with van der Waals surface area (Å²) in [5.74, 6) is 0.570. The molecule has 2 rings (SSSR count). The van der Waals surface area contributed by atoms with Crippen molar-refractivity contribution in [3.63, 3.8) is 0 Å². The van der Waals surface area contributed by atoms with Crippen LogP contribution in [0.15, 0.2) is 46.5 Å². The van der Waals surface area contributed by atoms with Crippen molar-refractivity contribution in [3.05, 3.63) is 47.7 Å². The quantitative estimate of drug-likeness (QED) is 0.894. The Morgan fingerprint density at radius 2 is 1.83 bits per heavy atom. The van der Waals surface area contributed by atoms with E-state index in [2.05, 4.69) is 43.1 Å². The summed E-state index contributed by atoms with van der Waals surface area (Å²) in [5.41, 5.74) is 8.95. The van der Waals surface area contributed by atoms with Gasteiger partial charge in [0, 0.05) is 4.90 Å². The van der Waals surface area contributed by atoms with E-state index >= 15 is 0 Å². The van der Waals surface area contributed by atoms with E-state index in [-0.39, 0.29) is 0 Å². The van der Waals surface area contributed by atoms with Gasteiger partial charge in [0.05, 0.1) is 11.9 Å². The van der Waals surface area contributed by atoms with Gasteiger partial charge in [-0.05, 0) is 42.2 Å². The lowest BCUT2D eigenvalue weighted by Gasteiger charge is -2.07. The molecule has 0 bridgehead atoms. The normalized spacial score (nSPS) is 10.9. The van der Waals surface area contributed by atoms with Crippen LogP contribution in [0.25, 0.3) is 0 Å². The number of aryl methyl sites for hydroxylation is 1. The number of anilines is 1. The smallest absolute Gasteiger partial charge is 0.101 e. The van der Waals surface area contributed by atoms with Gasteiger partial charge in [-0.15, -0.1) is 0 Å². The number of rotatable bonds is 3.